The Morgan fingerprint density at radius 3 is 2.53 bits per heavy atom. The minimum absolute atomic E-state index is 0.0494. The van der Waals surface area contributed by atoms with E-state index < -0.39 is 6.04 Å². The highest BCUT2D eigenvalue weighted by molar-refractivity contribution is 5.82. The second-order valence-corrected chi connectivity index (χ2v) is 4.60. The molecule has 1 saturated carbocycles. The highest BCUT2D eigenvalue weighted by atomic mass is 16.2. The fraction of sp³-hybridized carbons (Fsp3) is 0.909. The van der Waals surface area contributed by atoms with Gasteiger partial charge in [-0.15, -0.1) is 0 Å². The van der Waals surface area contributed by atoms with Gasteiger partial charge in [-0.25, -0.2) is 0 Å². The lowest BCUT2D eigenvalue weighted by atomic mass is 9.99. The summed E-state index contributed by atoms with van der Waals surface area (Å²) in [4.78, 5) is 11.8. The van der Waals surface area contributed by atoms with Crippen molar-refractivity contribution in [3.63, 3.8) is 0 Å². The van der Waals surface area contributed by atoms with Gasteiger partial charge in [0.15, 0.2) is 0 Å². The Bertz CT molecular complexity index is 216. The zero-order valence-corrected chi connectivity index (χ0v) is 9.70. The van der Waals surface area contributed by atoms with Gasteiger partial charge in [-0.2, -0.15) is 0 Å². The number of nitrogens with two attached hydrogens (primary N) is 2. The van der Waals surface area contributed by atoms with Gasteiger partial charge in [0.25, 0.3) is 0 Å². The van der Waals surface area contributed by atoms with Crippen LogP contribution < -0.4 is 16.8 Å². The minimum Gasteiger partial charge on any atom is -0.350 e. The summed E-state index contributed by atoms with van der Waals surface area (Å²) in [7, 11) is 0. The van der Waals surface area contributed by atoms with Crippen LogP contribution in [0.3, 0.4) is 0 Å². The molecule has 0 heterocycles. The van der Waals surface area contributed by atoms with E-state index in [2.05, 4.69) is 5.32 Å². The summed E-state index contributed by atoms with van der Waals surface area (Å²) in [6.07, 6.45) is 3.28. The van der Waals surface area contributed by atoms with Crippen LogP contribution >= 0.6 is 0 Å². The summed E-state index contributed by atoms with van der Waals surface area (Å²) in [5.74, 6) is 0.761. The Kier molecular flexibility index (Phi) is 4.54. The summed E-state index contributed by atoms with van der Waals surface area (Å²) in [5.41, 5.74) is 11.5. The maximum absolute atomic E-state index is 11.8. The van der Waals surface area contributed by atoms with Crippen LogP contribution in [0.1, 0.15) is 33.1 Å². The first-order valence-electron chi connectivity index (χ1n) is 5.86. The Balaban J connectivity index is 2.38. The standard InChI is InChI=1S/C11H23N3O/c1-3-7(2)10(13)11(15)14-9(6-12)8-4-5-8/h7-10H,3-6,12-13H2,1-2H3,(H,14,15). The fourth-order valence-corrected chi connectivity index (χ4v) is 1.66. The molecule has 0 aliphatic heterocycles. The summed E-state index contributed by atoms with van der Waals surface area (Å²) < 4.78 is 0. The third-order valence-corrected chi connectivity index (χ3v) is 3.33. The average molecular weight is 213 g/mol. The molecule has 1 fully saturated rings. The Morgan fingerprint density at radius 2 is 2.13 bits per heavy atom. The molecule has 0 saturated heterocycles. The van der Waals surface area contributed by atoms with E-state index in [1.54, 1.807) is 0 Å². The molecule has 15 heavy (non-hydrogen) atoms. The van der Waals surface area contributed by atoms with Gasteiger partial charge in [0.05, 0.1) is 6.04 Å². The second kappa shape index (κ2) is 5.47. The lowest BCUT2D eigenvalue weighted by molar-refractivity contribution is -0.124. The van der Waals surface area contributed by atoms with Crippen LogP contribution in [0.25, 0.3) is 0 Å². The fourth-order valence-electron chi connectivity index (χ4n) is 1.66. The predicted octanol–water partition coefficient (Wildman–Crippen LogP) is 0.213. The number of carbonyl (C=O) groups is 1. The maximum Gasteiger partial charge on any atom is 0.237 e. The van der Waals surface area contributed by atoms with Gasteiger partial charge < -0.3 is 16.8 Å². The monoisotopic (exact) mass is 213 g/mol. The minimum atomic E-state index is -0.400. The molecule has 4 heteroatoms. The molecule has 0 aromatic rings. The van der Waals surface area contributed by atoms with Crippen molar-refractivity contribution in [1.29, 1.82) is 0 Å². The molecule has 3 unspecified atom stereocenters. The largest absolute Gasteiger partial charge is 0.350 e. The second-order valence-electron chi connectivity index (χ2n) is 4.60. The summed E-state index contributed by atoms with van der Waals surface area (Å²) >= 11 is 0. The van der Waals surface area contributed by atoms with E-state index in [0.717, 1.165) is 6.42 Å². The molecule has 0 aromatic carbocycles. The van der Waals surface area contributed by atoms with Crippen LogP contribution in [0, 0.1) is 11.8 Å². The van der Waals surface area contributed by atoms with Crippen molar-refractivity contribution < 1.29 is 4.79 Å². The smallest absolute Gasteiger partial charge is 0.237 e. The molecule has 1 aliphatic carbocycles. The van der Waals surface area contributed by atoms with Crippen molar-refractivity contribution in [1.82, 2.24) is 5.32 Å². The number of carbonyl (C=O) groups excluding carboxylic acids is 1. The van der Waals surface area contributed by atoms with E-state index in [1.165, 1.54) is 12.8 Å². The molecule has 0 spiro atoms. The van der Waals surface area contributed by atoms with Gasteiger partial charge in [0.2, 0.25) is 5.91 Å². The molecule has 1 amide bonds. The molecule has 0 aromatic heterocycles. The lowest BCUT2D eigenvalue weighted by Gasteiger charge is -2.22. The lowest BCUT2D eigenvalue weighted by Crippen LogP contribution is -2.51. The quantitative estimate of drug-likeness (QED) is 0.590. The van der Waals surface area contributed by atoms with Crippen LogP contribution in [0.15, 0.2) is 0 Å². The van der Waals surface area contributed by atoms with E-state index in [1.807, 2.05) is 13.8 Å². The van der Waals surface area contributed by atoms with Crippen molar-refractivity contribution in [2.45, 2.75) is 45.2 Å². The van der Waals surface area contributed by atoms with E-state index in [-0.39, 0.29) is 17.9 Å². The zero-order valence-electron chi connectivity index (χ0n) is 9.70. The Labute approximate surface area is 91.8 Å². The van der Waals surface area contributed by atoms with E-state index in [9.17, 15) is 4.79 Å². The topological polar surface area (TPSA) is 81.1 Å². The molecule has 0 radical (unpaired) electrons. The molecular weight excluding hydrogens is 190 g/mol. The highest BCUT2D eigenvalue weighted by Crippen LogP contribution is 2.32. The molecule has 3 atom stereocenters. The number of rotatable bonds is 6. The predicted molar refractivity (Wildman–Crippen MR) is 61.1 cm³/mol. The first-order valence-corrected chi connectivity index (χ1v) is 5.86. The number of amides is 1. The van der Waals surface area contributed by atoms with Gasteiger partial charge in [0, 0.05) is 12.6 Å². The van der Waals surface area contributed by atoms with Crippen molar-refractivity contribution in [3.05, 3.63) is 0 Å². The SMILES string of the molecule is CCC(C)C(N)C(=O)NC(CN)C1CC1. The van der Waals surface area contributed by atoms with Gasteiger partial charge in [-0.3, -0.25) is 4.79 Å². The van der Waals surface area contributed by atoms with Crippen LogP contribution in [-0.2, 0) is 4.79 Å². The van der Waals surface area contributed by atoms with Crippen LogP contribution in [0.4, 0.5) is 0 Å². The van der Waals surface area contributed by atoms with E-state index in [0.29, 0.717) is 12.5 Å². The molecule has 0 bridgehead atoms. The van der Waals surface area contributed by atoms with Gasteiger partial charge in [0.1, 0.15) is 0 Å². The molecule has 1 rings (SSSR count). The van der Waals surface area contributed by atoms with Crippen molar-refractivity contribution in [2.75, 3.05) is 6.54 Å². The summed E-state index contributed by atoms with van der Waals surface area (Å²) in [6, 6.07) is -0.268. The Hall–Kier alpha value is -0.610. The molecule has 5 N–H and O–H groups in total. The third-order valence-electron chi connectivity index (χ3n) is 3.33. The Morgan fingerprint density at radius 1 is 1.53 bits per heavy atom. The summed E-state index contributed by atoms with van der Waals surface area (Å²) in [6.45, 7) is 4.56. The first-order chi connectivity index (χ1) is 7.10. The van der Waals surface area contributed by atoms with Crippen LogP contribution in [-0.4, -0.2) is 24.5 Å². The number of nitrogens with one attached hydrogen (secondary N) is 1. The highest BCUT2D eigenvalue weighted by Gasteiger charge is 2.32. The molecule has 4 nitrogen and oxygen atoms in total. The first kappa shape index (κ1) is 12.5. The van der Waals surface area contributed by atoms with Crippen molar-refractivity contribution >= 4 is 5.91 Å². The van der Waals surface area contributed by atoms with Crippen LogP contribution in [0.2, 0.25) is 0 Å². The maximum atomic E-state index is 11.8. The van der Waals surface area contributed by atoms with Crippen molar-refractivity contribution in [2.24, 2.45) is 23.3 Å². The van der Waals surface area contributed by atoms with Crippen molar-refractivity contribution in [3.8, 4) is 0 Å². The molecular formula is C11H23N3O. The van der Waals surface area contributed by atoms with Gasteiger partial charge >= 0.3 is 0 Å². The van der Waals surface area contributed by atoms with E-state index >= 15 is 0 Å². The third kappa shape index (κ3) is 3.47. The number of hydrogen-bond donors (Lipinski definition) is 3. The molecule has 88 valence electrons. The zero-order chi connectivity index (χ0) is 11.4. The summed E-state index contributed by atoms with van der Waals surface area (Å²) in [5, 5.41) is 2.95. The van der Waals surface area contributed by atoms with E-state index in [4.69, 9.17) is 11.5 Å². The normalized spacial score (nSPS) is 21.9. The molecule has 1 aliphatic rings. The van der Waals surface area contributed by atoms with Crippen LogP contribution in [0.5, 0.6) is 0 Å². The average Bonchev–Trinajstić information content (AvgIpc) is 3.07. The van der Waals surface area contributed by atoms with Gasteiger partial charge in [-0.1, -0.05) is 20.3 Å². The number of hydrogen-bond acceptors (Lipinski definition) is 3. The van der Waals surface area contributed by atoms with Gasteiger partial charge in [-0.05, 0) is 24.7 Å².